The largest absolute Gasteiger partial charge is 0.477 e. The van der Waals surface area contributed by atoms with Crippen LogP contribution in [-0.4, -0.2) is 215 Å². The standard InChI is InChI=1S/C76H142N2O21/c1-4-6-8-10-12-14-16-17-18-19-20-21-22-23-24-25-26-27-28-29-30-31-32-33-34-35-36-37-38-39-40-42-44-46-48-50-63(86)78-57(58(83)49-47-45-43-41-15-13-11-9-7-5-2)55-94-73-68(90)67(89)70(62(54-81)96-73)97-74-69(91)72(66(88)61(53-80)95-74)99-76(75(92)93)51-59(84)64(77-56(3)82)71(98-76)65(87)60(85)52-79/h25-26,57-62,64-74,79-81,83-85,87-91H,4-24,27-55H2,1-3H3,(H,77,82)(H,78,86)(H,92,93)/b26-25-. The molecule has 23 nitrogen and oxygen atoms in total. The van der Waals surface area contributed by atoms with E-state index in [1.807, 2.05) is 0 Å². The molecule has 18 atom stereocenters. The summed E-state index contributed by atoms with van der Waals surface area (Å²) < 4.78 is 34.9. The molecule has 0 aromatic heterocycles. The van der Waals surface area contributed by atoms with Crippen molar-refractivity contribution in [2.24, 2.45) is 0 Å². The van der Waals surface area contributed by atoms with Crippen molar-refractivity contribution in [1.29, 1.82) is 0 Å². The van der Waals surface area contributed by atoms with E-state index in [9.17, 15) is 75.7 Å². The van der Waals surface area contributed by atoms with Gasteiger partial charge in [-0.2, -0.15) is 0 Å². The maximum absolute atomic E-state index is 13.5. The van der Waals surface area contributed by atoms with Crippen molar-refractivity contribution in [3.05, 3.63) is 12.2 Å². The van der Waals surface area contributed by atoms with Crippen LogP contribution in [0.25, 0.3) is 0 Å². The number of nitrogens with one attached hydrogen (secondary N) is 2. The Morgan fingerprint density at radius 1 is 0.515 bits per heavy atom. The van der Waals surface area contributed by atoms with Gasteiger partial charge in [0.05, 0.1) is 50.7 Å². The molecule has 582 valence electrons. The smallest absolute Gasteiger partial charge is 0.364 e. The summed E-state index contributed by atoms with van der Waals surface area (Å²) in [7, 11) is 0. The van der Waals surface area contributed by atoms with E-state index in [1.165, 1.54) is 212 Å². The van der Waals surface area contributed by atoms with Crippen LogP contribution in [0.4, 0.5) is 0 Å². The van der Waals surface area contributed by atoms with Gasteiger partial charge < -0.3 is 100 Å². The number of allylic oxidation sites excluding steroid dienone is 2. The van der Waals surface area contributed by atoms with Crippen molar-refractivity contribution in [2.45, 2.75) is 426 Å². The highest BCUT2D eigenvalue weighted by atomic mass is 16.8. The normalized spacial score (nSPS) is 27.1. The molecular weight excluding hydrogens is 1280 g/mol. The maximum Gasteiger partial charge on any atom is 0.364 e. The van der Waals surface area contributed by atoms with E-state index in [4.69, 9.17) is 28.4 Å². The summed E-state index contributed by atoms with van der Waals surface area (Å²) in [6.45, 7) is 2.20. The maximum atomic E-state index is 13.5. The highest BCUT2D eigenvalue weighted by Crippen LogP contribution is 2.39. The molecular formula is C76H142N2O21. The number of aliphatic carboxylic acids is 1. The Kier molecular flexibility index (Phi) is 51.2. The highest BCUT2D eigenvalue weighted by molar-refractivity contribution is 5.77. The van der Waals surface area contributed by atoms with Crippen LogP contribution in [0.15, 0.2) is 12.2 Å². The molecule has 3 aliphatic rings. The van der Waals surface area contributed by atoms with Gasteiger partial charge in [-0.25, -0.2) is 4.79 Å². The minimum atomic E-state index is -3.08. The Labute approximate surface area is 594 Å². The second-order valence-electron chi connectivity index (χ2n) is 28.9. The summed E-state index contributed by atoms with van der Waals surface area (Å²) in [5.41, 5.74) is 0. The first-order valence-electron chi connectivity index (χ1n) is 39.5. The lowest BCUT2D eigenvalue weighted by Crippen LogP contribution is -2.70. The molecule has 3 fully saturated rings. The van der Waals surface area contributed by atoms with Crippen LogP contribution in [0.5, 0.6) is 0 Å². The Hall–Kier alpha value is -2.53. The van der Waals surface area contributed by atoms with Gasteiger partial charge in [0.2, 0.25) is 11.8 Å². The predicted molar refractivity (Wildman–Crippen MR) is 380 cm³/mol. The number of aliphatic hydroxyl groups is 11. The number of carboxylic acid groups (broad SMARTS) is 1. The second kappa shape index (κ2) is 55.9. The second-order valence-corrected chi connectivity index (χ2v) is 28.9. The zero-order valence-corrected chi connectivity index (χ0v) is 61.4. The molecule has 3 rings (SSSR count). The number of unbranched alkanes of at least 4 members (excludes halogenated alkanes) is 40. The molecule has 0 aromatic carbocycles. The third-order valence-corrected chi connectivity index (χ3v) is 20.2. The highest BCUT2D eigenvalue weighted by Gasteiger charge is 2.60. The topological polar surface area (TPSA) is 373 Å². The van der Waals surface area contributed by atoms with Crippen molar-refractivity contribution < 1.29 is 104 Å². The zero-order valence-electron chi connectivity index (χ0n) is 61.4. The number of hydrogen-bond donors (Lipinski definition) is 14. The SMILES string of the molecule is CCCCCCCCCCCCCCCC/C=C\CCCCCCCCCCCCCCCCCCCC(=O)NC(COC1OC(CO)C(OC2OC(CO)C(O)C(OC3(C(=O)O)CC(O)C(NC(C)=O)C(C(O)C(O)CO)O3)C2O)C(O)C1O)C(O)CCCCCCCCCCCC. The molecule has 2 amide bonds. The van der Waals surface area contributed by atoms with E-state index in [1.54, 1.807) is 0 Å². The number of rotatable bonds is 62. The first-order chi connectivity index (χ1) is 47.9. The number of aliphatic hydroxyl groups excluding tert-OH is 11. The summed E-state index contributed by atoms with van der Waals surface area (Å²) in [5, 5.41) is 136. The van der Waals surface area contributed by atoms with E-state index in [0.717, 1.165) is 58.3 Å². The Morgan fingerprint density at radius 3 is 1.36 bits per heavy atom. The van der Waals surface area contributed by atoms with Crippen molar-refractivity contribution in [3.8, 4) is 0 Å². The predicted octanol–water partition coefficient (Wildman–Crippen LogP) is 9.80. The summed E-state index contributed by atoms with van der Waals surface area (Å²) >= 11 is 0. The van der Waals surface area contributed by atoms with Gasteiger partial charge in [-0.1, -0.05) is 270 Å². The van der Waals surface area contributed by atoms with E-state index in [0.29, 0.717) is 19.3 Å². The number of carbonyl (C=O) groups excluding carboxylic acids is 2. The fraction of sp³-hybridized carbons (Fsp3) is 0.934. The molecule has 3 aliphatic heterocycles. The third kappa shape index (κ3) is 36.8. The number of hydrogen-bond acceptors (Lipinski definition) is 20. The zero-order chi connectivity index (χ0) is 72.5. The monoisotopic (exact) mass is 1420 g/mol. The molecule has 0 aromatic rings. The van der Waals surface area contributed by atoms with Crippen LogP contribution in [0.2, 0.25) is 0 Å². The van der Waals surface area contributed by atoms with Gasteiger partial charge in [-0.3, -0.25) is 9.59 Å². The molecule has 0 aliphatic carbocycles. The van der Waals surface area contributed by atoms with Crippen molar-refractivity contribution in [3.63, 3.8) is 0 Å². The first kappa shape index (κ1) is 90.7. The Balaban J connectivity index is 1.40. The number of amides is 2. The molecule has 3 heterocycles. The number of carboxylic acids is 1. The molecule has 99 heavy (non-hydrogen) atoms. The van der Waals surface area contributed by atoms with Crippen LogP contribution in [-0.2, 0) is 42.8 Å². The molecule has 14 N–H and O–H groups in total. The molecule has 0 spiro atoms. The summed E-state index contributed by atoms with van der Waals surface area (Å²) in [6.07, 6.45) is 29.8. The van der Waals surface area contributed by atoms with E-state index < -0.39 is 148 Å². The van der Waals surface area contributed by atoms with Gasteiger partial charge in [0.15, 0.2) is 12.6 Å². The molecule has 0 radical (unpaired) electrons. The molecule has 0 saturated carbocycles. The van der Waals surface area contributed by atoms with Crippen molar-refractivity contribution in [2.75, 3.05) is 26.4 Å². The fourth-order valence-electron chi connectivity index (χ4n) is 13.9. The summed E-state index contributed by atoms with van der Waals surface area (Å²) in [4.78, 5) is 38.6. The van der Waals surface area contributed by atoms with Crippen LogP contribution >= 0.6 is 0 Å². The van der Waals surface area contributed by atoms with Gasteiger partial charge >= 0.3 is 5.97 Å². The third-order valence-electron chi connectivity index (χ3n) is 20.2. The van der Waals surface area contributed by atoms with E-state index in [2.05, 4.69) is 36.6 Å². The molecule has 0 bridgehead atoms. The van der Waals surface area contributed by atoms with Gasteiger partial charge in [0, 0.05) is 19.8 Å². The van der Waals surface area contributed by atoms with Crippen LogP contribution in [0.1, 0.15) is 316 Å². The summed E-state index contributed by atoms with van der Waals surface area (Å²) in [6, 6.07) is -2.53. The van der Waals surface area contributed by atoms with Gasteiger partial charge in [0.1, 0.15) is 67.1 Å². The van der Waals surface area contributed by atoms with Crippen LogP contribution in [0.3, 0.4) is 0 Å². The minimum absolute atomic E-state index is 0.227. The van der Waals surface area contributed by atoms with E-state index in [-0.39, 0.29) is 18.9 Å². The van der Waals surface area contributed by atoms with Crippen molar-refractivity contribution in [1.82, 2.24) is 10.6 Å². The average molecular weight is 1420 g/mol. The number of ether oxygens (including phenoxy) is 6. The minimum Gasteiger partial charge on any atom is -0.477 e. The van der Waals surface area contributed by atoms with Crippen LogP contribution in [0, 0.1) is 0 Å². The Morgan fingerprint density at radius 2 is 0.939 bits per heavy atom. The summed E-state index contributed by atoms with van der Waals surface area (Å²) in [5.74, 6) is -6.09. The molecule has 3 saturated heterocycles. The van der Waals surface area contributed by atoms with Crippen LogP contribution < -0.4 is 10.6 Å². The molecule has 23 heteroatoms. The lowest BCUT2D eigenvalue weighted by atomic mass is 9.88. The number of carbonyl (C=O) groups is 3. The van der Waals surface area contributed by atoms with Gasteiger partial charge in [-0.05, 0) is 38.5 Å². The lowest BCUT2D eigenvalue weighted by molar-refractivity contribution is -0.386. The van der Waals surface area contributed by atoms with Crippen molar-refractivity contribution >= 4 is 17.8 Å². The average Bonchev–Trinajstić information content (AvgIpc) is 0.757. The quantitative estimate of drug-likeness (QED) is 0.0199. The lowest BCUT2D eigenvalue weighted by Gasteiger charge is -2.50. The Bertz CT molecular complexity index is 2030. The first-order valence-corrected chi connectivity index (χ1v) is 39.5. The van der Waals surface area contributed by atoms with E-state index >= 15 is 0 Å². The molecule has 18 unspecified atom stereocenters. The fourth-order valence-corrected chi connectivity index (χ4v) is 13.9. The van der Waals surface area contributed by atoms with Gasteiger partial charge in [-0.15, -0.1) is 0 Å². The van der Waals surface area contributed by atoms with Gasteiger partial charge in [0.25, 0.3) is 5.79 Å².